The summed E-state index contributed by atoms with van der Waals surface area (Å²) in [6, 6.07) is 2.61. The fraction of sp³-hybridized carbons (Fsp3) is 0.417. The maximum atomic E-state index is 12.0. The van der Waals surface area contributed by atoms with E-state index in [9.17, 15) is 14.9 Å². The van der Waals surface area contributed by atoms with Crippen molar-refractivity contribution in [2.24, 2.45) is 0 Å². The number of benzene rings is 1. The number of hydrogen-bond donors (Lipinski definition) is 2. The number of nitrogens with one attached hydrogen (secondary N) is 2. The van der Waals surface area contributed by atoms with Crippen molar-refractivity contribution in [3.63, 3.8) is 0 Å². The SMILES string of the molecule is CNc1c(Cl)cc(C(=O)NC(C)CSC)cc1[N+](=O)[O-]. The molecule has 1 aromatic carbocycles. The van der Waals surface area contributed by atoms with Crippen molar-refractivity contribution in [3.8, 4) is 0 Å². The first-order valence-electron chi connectivity index (χ1n) is 5.86. The molecule has 0 bridgehead atoms. The van der Waals surface area contributed by atoms with Crippen LogP contribution in [-0.4, -0.2) is 35.9 Å². The Hall–Kier alpha value is -1.47. The van der Waals surface area contributed by atoms with Gasteiger partial charge in [-0.05, 0) is 19.2 Å². The van der Waals surface area contributed by atoms with Gasteiger partial charge >= 0.3 is 0 Å². The van der Waals surface area contributed by atoms with Crippen LogP contribution in [0, 0.1) is 10.1 Å². The molecule has 0 aliphatic heterocycles. The Kier molecular flexibility index (Phi) is 6.09. The fourth-order valence-corrected chi connectivity index (χ4v) is 2.61. The van der Waals surface area contributed by atoms with E-state index in [1.807, 2.05) is 13.2 Å². The molecule has 6 nitrogen and oxygen atoms in total. The fourth-order valence-electron chi connectivity index (χ4n) is 1.71. The van der Waals surface area contributed by atoms with Crippen molar-refractivity contribution in [1.29, 1.82) is 0 Å². The predicted octanol–water partition coefficient (Wildman–Crippen LogP) is 2.77. The number of thioether (sulfide) groups is 1. The summed E-state index contributed by atoms with van der Waals surface area (Å²) < 4.78 is 0. The molecule has 0 aromatic heterocycles. The number of carbonyl (C=O) groups is 1. The van der Waals surface area contributed by atoms with E-state index in [0.717, 1.165) is 5.75 Å². The highest BCUT2D eigenvalue weighted by Crippen LogP contribution is 2.33. The first-order valence-corrected chi connectivity index (χ1v) is 7.63. The molecular weight excluding hydrogens is 302 g/mol. The zero-order valence-electron chi connectivity index (χ0n) is 11.4. The Morgan fingerprint density at radius 2 is 2.20 bits per heavy atom. The lowest BCUT2D eigenvalue weighted by molar-refractivity contribution is -0.383. The van der Waals surface area contributed by atoms with Gasteiger partial charge in [0.15, 0.2) is 0 Å². The number of hydrogen-bond acceptors (Lipinski definition) is 5. The van der Waals surface area contributed by atoms with Crippen molar-refractivity contribution >= 4 is 40.6 Å². The van der Waals surface area contributed by atoms with Gasteiger partial charge in [0.05, 0.1) is 9.95 Å². The maximum absolute atomic E-state index is 12.0. The lowest BCUT2D eigenvalue weighted by Crippen LogP contribution is -2.34. The summed E-state index contributed by atoms with van der Waals surface area (Å²) in [4.78, 5) is 22.5. The Morgan fingerprint density at radius 1 is 1.55 bits per heavy atom. The van der Waals surface area contributed by atoms with Gasteiger partial charge in [0.25, 0.3) is 11.6 Å². The minimum absolute atomic E-state index is 0.0284. The number of halogens is 1. The summed E-state index contributed by atoms with van der Waals surface area (Å²) >= 11 is 7.57. The van der Waals surface area contributed by atoms with Crippen LogP contribution >= 0.6 is 23.4 Å². The number of carbonyl (C=O) groups excluding carboxylic acids is 1. The Labute approximate surface area is 126 Å². The minimum Gasteiger partial charge on any atom is -0.381 e. The highest BCUT2D eigenvalue weighted by Gasteiger charge is 2.21. The molecule has 1 rings (SSSR count). The summed E-state index contributed by atoms with van der Waals surface area (Å²) in [6.07, 6.45) is 1.94. The van der Waals surface area contributed by atoms with Crippen LogP contribution in [-0.2, 0) is 0 Å². The van der Waals surface area contributed by atoms with Gasteiger partial charge in [-0.2, -0.15) is 11.8 Å². The van der Waals surface area contributed by atoms with E-state index in [0.29, 0.717) is 0 Å². The monoisotopic (exact) mass is 317 g/mol. The van der Waals surface area contributed by atoms with Gasteiger partial charge in [0.1, 0.15) is 5.69 Å². The second-order valence-corrected chi connectivity index (χ2v) is 5.51. The molecule has 0 aliphatic rings. The average molecular weight is 318 g/mol. The number of nitrogens with zero attached hydrogens (tertiary/aromatic N) is 1. The molecule has 0 radical (unpaired) electrons. The van der Waals surface area contributed by atoms with Crippen molar-refractivity contribution in [2.75, 3.05) is 24.4 Å². The largest absolute Gasteiger partial charge is 0.381 e. The van der Waals surface area contributed by atoms with Gasteiger partial charge in [-0.1, -0.05) is 11.6 Å². The molecule has 0 aliphatic carbocycles. The van der Waals surface area contributed by atoms with E-state index in [-0.39, 0.29) is 33.9 Å². The number of nitro benzene ring substituents is 1. The smallest absolute Gasteiger partial charge is 0.294 e. The molecule has 0 saturated heterocycles. The van der Waals surface area contributed by atoms with Crippen LogP contribution in [0.2, 0.25) is 5.02 Å². The van der Waals surface area contributed by atoms with Gasteiger partial charge in [0.2, 0.25) is 0 Å². The summed E-state index contributed by atoms with van der Waals surface area (Å²) in [7, 11) is 1.54. The molecule has 1 amide bonds. The van der Waals surface area contributed by atoms with Crippen LogP contribution in [0.25, 0.3) is 0 Å². The lowest BCUT2D eigenvalue weighted by atomic mass is 10.1. The molecule has 0 heterocycles. The molecule has 1 atom stereocenters. The second kappa shape index (κ2) is 7.35. The van der Waals surface area contributed by atoms with Crippen LogP contribution < -0.4 is 10.6 Å². The number of anilines is 1. The number of rotatable bonds is 6. The minimum atomic E-state index is -0.570. The van der Waals surface area contributed by atoms with E-state index in [1.165, 1.54) is 19.2 Å². The molecule has 110 valence electrons. The van der Waals surface area contributed by atoms with Crippen LogP contribution in [0.3, 0.4) is 0 Å². The summed E-state index contributed by atoms with van der Waals surface area (Å²) in [6.45, 7) is 1.87. The third-order valence-electron chi connectivity index (χ3n) is 2.57. The standard InChI is InChI=1S/C12H16ClN3O3S/c1-7(6-20-3)15-12(17)8-4-9(13)11(14-2)10(5-8)16(18)19/h4-5,7,14H,6H2,1-3H3,(H,15,17). The normalized spacial score (nSPS) is 11.8. The highest BCUT2D eigenvalue weighted by molar-refractivity contribution is 7.98. The highest BCUT2D eigenvalue weighted by atomic mass is 35.5. The van der Waals surface area contributed by atoms with E-state index in [4.69, 9.17) is 11.6 Å². The summed E-state index contributed by atoms with van der Waals surface area (Å²) in [5.41, 5.74) is 0.154. The first-order chi connectivity index (χ1) is 9.40. The predicted molar refractivity (Wildman–Crippen MR) is 83.0 cm³/mol. The molecule has 1 aromatic rings. The van der Waals surface area contributed by atoms with E-state index in [2.05, 4.69) is 10.6 Å². The molecule has 0 fully saturated rings. The van der Waals surface area contributed by atoms with E-state index < -0.39 is 4.92 Å². The Bertz CT molecular complexity index is 525. The zero-order chi connectivity index (χ0) is 15.3. The number of amides is 1. The third kappa shape index (κ3) is 4.01. The van der Waals surface area contributed by atoms with E-state index in [1.54, 1.807) is 11.8 Å². The molecule has 0 spiro atoms. The van der Waals surface area contributed by atoms with Crippen molar-refractivity contribution < 1.29 is 9.72 Å². The Morgan fingerprint density at radius 3 is 2.70 bits per heavy atom. The summed E-state index contributed by atoms with van der Waals surface area (Å²) in [5.74, 6) is 0.384. The molecule has 20 heavy (non-hydrogen) atoms. The average Bonchev–Trinajstić information content (AvgIpc) is 2.37. The van der Waals surface area contributed by atoms with Crippen LogP contribution in [0.15, 0.2) is 12.1 Å². The quantitative estimate of drug-likeness (QED) is 0.622. The van der Waals surface area contributed by atoms with Crippen LogP contribution in [0.4, 0.5) is 11.4 Å². The van der Waals surface area contributed by atoms with Gasteiger partial charge in [-0.25, -0.2) is 0 Å². The number of nitro groups is 1. The first kappa shape index (κ1) is 16.6. The second-order valence-electron chi connectivity index (χ2n) is 4.19. The van der Waals surface area contributed by atoms with E-state index >= 15 is 0 Å². The molecule has 1 unspecified atom stereocenters. The topological polar surface area (TPSA) is 84.3 Å². The third-order valence-corrected chi connectivity index (χ3v) is 3.70. The van der Waals surface area contributed by atoms with Crippen LogP contribution in [0.5, 0.6) is 0 Å². The molecule has 2 N–H and O–H groups in total. The maximum Gasteiger partial charge on any atom is 0.294 e. The molecule has 8 heteroatoms. The lowest BCUT2D eigenvalue weighted by Gasteiger charge is -2.13. The van der Waals surface area contributed by atoms with Gasteiger partial charge in [-0.15, -0.1) is 0 Å². The van der Waals surface area contributed by atoms with Crippen molar-refractivity contribution in [2.45, 2.75) is 13.0 Å². The molecular formula is C12H16ClN3O3S. The van der Waals surface area contributed by atoms with Crippen molar-refractivity contribution in [3.05, 3.63) is 32.8 Å². The molecule has 0 saturated carbocycles. The van der Waals surface area contributed by atoms with Gasteiger partial charge < -0.3 is 10.6 Å². The van der Waals surface area contributed by atoms with Gasteiger partial charge in [0, 0.05) is 30.5 Å². The van der Waals surface area contributed by atoms with Crippen molar-refractivity contribution in [1.82, 2.24) is 5.32 Å². The Balaban J connectivity index is 3.08. The zero-order valence-corrected chi connectivity index (χ0v) is 13.0. The van der Waals surface area contributed by atoms with Gasteiger partial charge in [-0.3, -0.25) is 14.9 Å². The summed E-state index contributed by atoms with van der Waals surface area (Å²) in [5, 5.41) is 16.6. The van der Waals surface area contributed by atoms with Crippen LogP contribution in [0.1, 0.15) is 17.3 Å².